The van der Waals surface area contributed by atoms with Crippen molar-refractivity contribution in [1.29, 1.82) is 0 Å². The topological polar surface area (TPSA) is 29.5 Å². The monoisotopic (exact) mass is 222 g/mol. The van der Waals surface area contributed by atoms with Gasteiger partial charge in [0.1, 0.15) is 11.6 Å². The molecule has 0 saturated heterocycles. The van der Waals surface area contributed by atoms with Crippen LogP contribution in [0.15, 0.2) is 18.2 Å². The van der Waals surface area contributed by atoms with Crippen LogP contribution in [0.2, 0.25) is 0 Å². The zero-order chi connectivity index (χ0) is 12.0. The second kappa shape index (κ2) is 6.14. The summed E-state index contributed by atoms with van der Waals surface area (Å²) in [6, 6.07) is 4.45. The first-order valence-corrected chi connectivity index (χ1v) is 5.15. The lowest BCUT2D eigenvalue weighted by Crippen LogP contribution is -1.99. The molecular weight excluding hydrogens is 207 g/mol. The highest BCUT2D eigenvalue weighted by Crippen LogP contribution is 2.21. The summed E-state index contributed by atoms with van der Waals surface area (Å²) in [4.78, 5) is 0. The minimum atomic E-state index is -0.806. The van der Waals surface area contributed by atoms with Gasteiger partial charge in [-0.05, 0) is 26.0 Å². The van der Waals surface area contributed by atoms with Crippen LogP contribution >= 0.6 is 0 Å². The molecule has 0 fully saturated rings. The third-order valence-electron chi connectivity index (χ3n) is 2.09. The van der Waals surface area contributed by atoms with E-state index in [4.69, 9.17) is 4.74 Å². The molecule has 3 heteroatoms. The largest absolute Gasteiger partial charge is 0.492 e. The van der Waals surface area contributed by atoms with Crippen molar-refractivity contribution < 1.29 is 14.2 Å². The van der Waals surface area contributed by atoms with E-state index in [0.29, 0.717) is 18.8 Å². The van der Waals surface area contributed by atoms with Gasteiger partial charge in [0, 0.05) is 18.1 Å². The molecule has 0 aromatic heterocycles. The fraction of sp³-hybridized carbons (Fsp3) is 0.385. The average molecular weight is 222 g/mol. The van der Waals surface area contributed by atoms with Crippen molar-refractivity contribution in [1.82, 2.24) is 0 Å². The van der Waals surface area contributed by atoms with E-state index in [-0.39, 0.29) is 5.56 Å². The van der Waals surface area contributed by atoms with Crippen molar-refractivity contribution in [3.05, 3.63) is 29.6 Å². The first-order valence-electron chi connectivity index (χ1n) is 5.15. The Labute approximate surface area is 95.1 Å². The Morgan fingerprint density at radius 1 is 1.50 bits per heavy atom. The van der Waals surface area contributed by atoms with E-state index in [2.05, 4.69) is 11.8 Å². The lowest BCUT2D eigenvalue weighted by Gasteiger charge is -2.09. The number of benzene rings is 1. The average Bonchev–Trinajstić information content (AvgIpc) is 2.24. The molecule has 1 aromatic carbocycles. The molecule has 0 amide bonds. The standard InChI is InChI=1S/C13H15FO2/c1-3-4-5-8-16-11-6-7-12(10(2)15)13(14)9-11/h6-7,9-10,15H,5,8H2,1-2H3/t10-/m0/s1. The second-order valence-electron chi connectivity index (χ2n) is 3.38. The second-order valence-corrected chi connectivity index (χ2v) is 3.38. The van der Waals surface area contributed by atoms with Crippen LogP contribution < -0.4 is 4.74 Å². The number of ether oxygens (including phenoxy) is 1. The van der Waals surface area contributed by atoms with Crippen LogP contribution in [0.4, 0.5) is 4.39 Å². The normalized spacial score (nSPS) is 11.5. The van der Waals surface area contributed by atoms with Crippen LogP contribution in [0.5, 0.6) is 5.75 Å². The number of aliphatic hydroxyl groups is 1. The minimum Gasteiger partial charge on any atom is -0.492 e. The molecule has 0 spiro atoms. The zero-order valence-electron chi connectivity index (χ0n) is 9.46. The van der Waals surface area contributed by atoms with Gasteiger partial charge in [-0.3, -0.25) is 0 Å². The summed E-state index contributed by atoms with van der Waals surface area (Å²) in [6.45, 7) is 3.72. The highest BCUT2D eigenvalue weighted by molar-refractivity contribution is 5.30. The van der Waals surface area contributed by atoms with Crippen LogP contribution in [0, 0.1) is 17.7 Å². The summed E-state index contributed by atoms with van der Waals surface area (Å²) in [7, 11) is 0. The molecule has 2 nitrogen and oxygen atoms in total. The van der Waals surface area contributed by atoms with Crippen LogP contribution in [-0.4, -0.2) is 11.7 Å². The maximum Gasteiger partial charge on any atom is 0.132 e. The van der Waals surface area contributed by atoms with E-state index in [1.54, 1.807) is 13.0 Å². The van der Waals surface area contributed by atoms with Gasteiger partial charge < -0.3 is 9.84 Å². The fourth-order valence-corrected chi connectivity index (χ4v) is 1.28. The lowest BCUT2D eigenvalue weighted by atomic mass is 10.1. The van der Waals surface area contributed by atoms with E-state index in [0.717, 1.165) is 0 Å². The predicted molar refractivity (Wildman–Crippen MR) is 60.6 cm³/mol. The molecule has 0 bridgehead atoms. The Kier molecular flexibility index (Phi) is 4.81. The quantitative estimate of drug-likeness (QED) is 0.627. The SMILES string of the molecule is CC#CCCOc1ccc([C@H](C)O)c(F)c1. The smallest absolute Gasteiger partial charge is 0.132 e. The van der Waals surface area contributed by atoms with Crippen molar-refractivity contribution in [2.24, 2.45) is 0 Å². The number of halogens is 1. The summed E-state index contributed by atoms with van der Waals surface area (Å²) >= 11 is 0. The van der Waals surface area contributed by atoms with Gasteiger partial charge in [-0.1, -0.05) is 0 Å². The first kappa shape index (κ1) is 12.5. The number of hydrogen-bond acceptors (Lipinski definition) is 2. The Morgan fingerprint density at radius 2 is 2.25 bits per heavy atom. The molecule has 0 heterocycles. The third-order valence-corrected chi connectivity index (χ3v) is 2.09. The molecule has 0 radical (unpaired) electrons. The molecule has 0 unspecified atom stereocenters. The minimum absolute atomic E-state index is 0.278. The van der Waals surface area contributed by atoms with Crippen molar-refractivity contribution >= 4 is 0 Å². The van der Waals surface area contributed by atoms with Gasteiger partial charge in [-0.15, -0.1) is 11.8 Å². The molecule has 0 aliphatic carbocycles. The summed E-state index contributed by atoms with van der Waals surface area (Å²) in [5, 5.41) is 9.24. The van der Waals surface area contributed by atoms with Gasteiger partial charge >= 0.3 is 0 Å². The van der Waals surface area contributed by atoms with Gasteiger partial charge in [0.15, 0.2) is 0 Å². The van der Waals surface area contributed by atoms with Crippen LogP contribution in [0.1, 0.15) is 31.9 Å². The summed E-state index contributed by atoms with van der Waals surface area (Å²) in [5.74, 6) is 5.61. The zero-order valence-corrected chi connectivity index (χ0v) is 9.46. The lowest BCUT2D eigenvalue weighted by molar-refractivity contribution is 0.194. The van der Waals surface area contributed by atoms with Crippen molar-refractivity contribution in [2.75, 3.05) is 6.61 Å². The molecular formula is C13H15FO2. The number of rotatable bonds is 4. The highest BCUT2D eigenvalue weighted by Gasteiger charge is 2.08. The molecule has 16 heavy (non-hydrogen) atoms. The van der Waals surface area contributed by atoms with Gasteiger partial charge in [-0.25, -0.2) is 4.39 Å². The number of hydrogen-bond donors (Lipinski definition) is 1. The summed E-state index contributed by atoms with van der Waals surface area (Å²) < 4.78 is 18.7. The van der Waals surface area contributed by atoms with E-state index in [1.807, 2.05) is 0 Å². The molecule has 0 saturated carbocycles. The number of aliphatic hydroxyl groups excluding tert-OH is 1. The van der Waals surface area contributed by atoms with Gasteiger partial charge in [0.2, 0.25) is 0 Å². The maximum atomic E-state index is 13.4. The van der Waals surface area contributed by atoms with Crippen molar-refractivity contribution in [2.45, 2.75) is 26.4 Å². The maximum absolute atomic E-state index is 13.4. The van der Waals surface area contributed by atoms with Crippen LogP contribution in [-0.2, 0) is 0 Å². The van der Waals surface area contributed by atoms with Crippen LogP contribution in [0.25, 0.3) is 0 Å². The molecule has 1 N–H and O–H groups in total. The van der Waals surface area contributed by atoms with Crippen molar-refractivity contribution in [3.63, 3.8) is 0 Å². The van der Waals surface area contributed by atoms with Crippen molar-refractivity contribution in [3.8, 4) is 17.6 Å². The first-order chi connectivity index (χ1) is 7.65. The van der Waals surface area contributed by atoms with Gasteiger partial charge in [0.25, 0.3) is 0 Å². The Bertz CT molecular complexity index is 402. The molecule has 1 atom stereocenters. The fourth-order valence-electron chi connectivity index (χ4n) is 1.28. The summed E-state index contributed by atoms with van der Waals surface area (Å²) in [5.41, 5.74) is 0.278. The molecule has 1 rings (SSSR count). The summed E-state index contributed by atoms with van der Waals surface area (Å²) in [6.07, 6.45) is -0.184. The molecule has 86 valence electrons. The van der Waals surface area contributed by atoms with E-state index in [9.17, 15) is 9.50 Å². The Balaban J connectivity index is 2.61. The molecule has 0 aliphatic heterocycles. The van der Waals surface area contributed by atoms with E-state index < -0.39 is 11.9 Å². The van der Waals surface area contributed by atoms with Gasteiger partial charge in [0.05, 0.1) is 12.7 Å². The van der Waals surface area contributed by atoms with E-state index >= 15 is 0 Å². The Morgan fingerprint density at radius 3 is 2.81 bits per heavy atom. The highest BCUT2D eigenvalue weighted by atomic mass is 19.1. The molecule has 1 aromatic rings. The Hall–Kier alpha value is -1.53. The van der Waals surface area contributed by atoms with E-state index in [1.165, 1.54) is 19.1 Å². The van der Waals surface area contributed by atoms with Gasteiger partial charge in [-0.2, -0.15) is 0 Å². The predicted octanol–water partition coefficient (Wildman–Crippen LogP) is 2.67. The molecule has 0 aliphatic rings. The van der Waals surface area contributed by atoms with Crippen LogP contribution in [0.3, 0.4) is 0 Å². The third kappa shape index (κ3) is 3.56.